The predicted molar refractivity (Wildman–Crippen MR) is 173 cm³/mol. The summed E-state index contributed by atoms with van der Waals surface area (Å²) < 4.78 is 16.8. The molecule has 7 atom stereocenters. The van der Waals surface area contributed by atoms with E-state index in [1.165, 1.54) is 14.2 Å². The van der Waals surface area contributed by atoms with E-state index in [0.29, 0.717) is 19.5 Å². The molecule has 2 rings (SSSR count). The highest BCUT2D eigenvalue weighted by Crippen LogP contribution is 2.29. The van der Waals surface area contributed by atoms with Gasteiger partial charge in [0, 0.05) is 33.7 Å². The van der Waals surface area contributed by atoms with E-state index in [9.17, 15) is 19.2 Å². The van der Waals surface area contributed by atoms with Gasteiger partial charge in [-0.25, -0.2) is 4.79 Å². The van der Waals surface area contributed by atoms with Crippen LogP contribution in [0.5, 0.6) is 0 Å². The summed E-state index contributed by atoms with van der Waals surface area (Å²) in [6.45, 7) is 8.94. The summed E-state index contributed by atoms with van der Waals surface area (Å²) in [7, 11) is 4.42. The van der Waals surface area contributed by atoms with Crippen molar-refractivity contribution in [2.24, 2.45) is 17.6 Å². The zero-order valence-corrected chi connectivity index (χ0v) is 28.3. The molecule has 11 heteroatoms. The van der Waals surface area contributed by atoms with Crippen LogP contribution in [0, 0.1) is 11.8 Å². The number of nitrogens with two attached hydrogens (primary N) is 1. The number of methoxy groups -OCH3 is 3. The lowest BCUT2D eigenvalue weighted by Gasteiger charge is -2.41. The van der Waals surface area contributed by atoms with E-state index in [-0.39, 0.29) is 55.1 Å². The summed E-state index contributed by atoms with van der Waals surface area (Å²) in [6, 6.07) is 7.90. The molecule has 0 spiro atoms. The summed E-state index contributed by atoms with van der Waals surface area (Å²) in [5.41, 5.74) is 6.69. The number of hydrogen-bond acceptors (Lipinski definition) is 8. The van der Waals surface area contributed by atoms with Gasteiger partial charge in [0.25, 0.3) is 0 Å². The highest BCUT2D eigenvalue weighted by atomic mass is 16.5. The number of nitrogens with one attached hydrogen (secondary N) is 1. The number of ether oxygens (including phenoxy) is 3. The van der Waals surface area contributed by atoms with Gasteiger partial charge in [-0.3, -0.25) is 14.4 Å². The third-order valence-corrected chi connectivity index (χ3v) is 9.16. The first kappa shape index (κ1) is 38.2. The number of amides is 3. The van der Waals surface area contributed by atoms with E-state index in [0.717, 1.165) is 31.2 Å². The van der Waals surface area contributed by atoms with Crippen molar-refractivity contribution in [2.75, 3.05) is 41.0 Å². The lowest BCUT2D eigenvalue weighted by molar-refractivity contribution is -0.148. The van der Waals surface area contributed by atoms with Crippen LogP contribution in [0.4, 0.5) is 0 Å². The molecule has 1 aromatic rings. The van der Waals surface area contributed by atoms with Crippen molar-refractivity contribution in [3.63, 3.8) is 0 Å². The van der Waals surface area contributed by atoms with E-state index < -0.39 is 30.1 Å². The molecule has 0 saturated carbocycles. The second-order valence-corrected chi connectivity index (χ2v) is 12.1. The van der Waals surface area contributed by atoms with Gasteiger partial charge in [0.1, 0.15) is 6.04 Å². The molecule has 1 aliphatic heterocycles. The minimum atomic E-state index is -0.863. The summed E-state index contributed by atoms with van der Waals surface area (Å²) in [6.07, 6.45) is 3.24. The SMILES string of the molecule is CCCCN(C(=O)CN)[C@@H]([C@@H](C)CC)[C@@H](CC(=O)N1CCC[C@H]1[C@H](OC)[C@@H](C)C(=O)NC(Cc1ccccc1)C(=O)OC)OC. The minimum Gasteiger partial charge on any atom is -0.467 e. The van der Waals surface area contributed by atoms with Crippen LogP contribution in [0.2, 0.25) is 0 Å². The van der Waals surface area contributed by atoms with Gasteiger partial charge in [0.05, 0.1) is 50.3 Å². The molecular formula is C34H56N4O7. The quantitative estimate of drug-likeness (QED) is 0.222. The lowest BCUT2D eigenvalue weighted by Crippen LogP contribution is -2.55. The van der Waals surface area contributed by atoms with Crippen molar-refractivity contribution in [3.8, 4) is 0 Å². The van der Waals surface area contributed by atoms with Crippen LogP contribution in [0.3, 0.4) is 0 Å². The zero-order valence-electron chi connectivity index (χ0n) is 28.3. The van der Waals surface area contributed by atoms with Crippen molar-refractivity contribution >= 4 is 23.7 Å². The zero-order chi connectivity index (χ0) is 33.5. The number of carbonyl (C=O) groups excluding carboxylic acids is 4. The molecule has 1 aliphatic rings. The van der Waals surface area contributed by atoms with Crippen molar-refractivity contribution in [1.29, 1.82) is 0 Å². The number of carbonyl (C=O) groups is 4. The summed E-state index contributed by atoms with van der Waals surface area (Å²) in [5, 5.41) is 2.85. The van der Waals surface area contributed by atoms with E-state index in [4.69, 9.17) is 19.9 Å². The Morgan fingerprint density at radius 3 is 2.31 bits per heavy atom. The van der Waals surface area contributed by atoms with E-state index in [1.807, 2.05) is 30.3 Å². The molecule has 1 saturated heterocycles. The van der Waals surface area contributed by atoms with Crippen LogP contribution >= 0.6 is 0 Å². The molecule has 3 amide bonds. The Bertz CT molecular complexity index is 1070. The number of esters is 1. The first-order chi connectivity index (χ1) is 21.6. The second kappa shape index (κ2) is 19.5. The van der Waals surface area contributed by atoms with Gasteiger partial charge in [0.15, 0.2) is 0 Å². The van der Waals surface area contributed by atoms with E-state index >= 15 is 0 Å². The van der Waals surface area contributed by atoms with Gasteiger partial charge in [-0.05, 0) is 30.7 Å². The van der Waals surface area contributed by atoms with Gasteiger partial charge in [-0.15, -0.1) is 0 Å². The Labute approximate surface area is 269 Å². The fraction of sp³-hybridized carbons (Fsp3) is 0.706. The molecule has 0 bridgehead atoms. The summed E-state index contributed by atoms with van der Waals surface area (Å²) >= 11 is 0. The highest BCUT2D eigenvalue weighted by molar-refractivity contribution is 5.86. The maximum absolute atomic E-state index is 13.9. The Kier molecular flexibility index (Phi) is 16.5. The first-order valence-corrected chi connectivity index (χ1v) is 16.3. The second-order valence-electron chi connectivity index (χ2n) is 12.1. The standard InChI is InChI=1S/C34H56N4O7/c1-8-10-18-38(30(40)22-35)31(23(3)9-2)28(43-5)21-29(39)37-19-14-17-27(37)32(44-6)24(4)33(41)36-26(34(42)45-7)20-25-15-12-11-13-16-25/h11-13,15-16,23-24,26-28,31-32H,8-10,14,17-22,35H2,1-7H3,(H,36,41)/t23-,24+,26?,27-,28+,31-,32+/m0/s1. The fourth-order valence-electron chi connectivity index (χ4n) is 6.41. The highest BCUT2D eigenvalue weighted by Gasteiger charge is 2.42. The third-order valence-electron chi connectivity index (χ3n) is 9.16. The first-order valence-electron chi connectivity index (χ1n) is 16.3. The van der Waals surface area contributed by atoms with Crippen molar-refractivity contribution < 1.29 is 33.4 Å². The van der Waals surface area contributed by atoms with Gasteiger partial charge in [0.2, 0.25) is 17.7 Å². The Morgan fingerprint density at radius 1 is 1.07 bits per heavy atom. The number of likely N-dealkylation sites (tertiary alicyclic amines) is 1. The van der Waals surface area contributed by atoms with Crippen LogP contribution in [-0.4, -0.2) is 105 Å². The smallest absolute Gasteiger partial charge is 0.328 e. The molecular weight excluding hydrogens is 576 g/mol. The molecule has 1 fully saturated rings. The number of nitrogens with zero attached hydrogens (tertiary/aromatic N) is 2. The molecule has 11 nitrogen and oxygen atoms in total. The lowest BCUT2D eigenvalue weighted by atomic mass is 9.89. The Morgan fingerprint density at radius 2 is 1.76 bits per heavy atom. The monoisotopic (exact) mass is 632 g/mol. The van der Waals surface area contributed by atoms with Gasteiger partial charge < -0.3 is 35.1 Å². The van der Waals surface area contributed by atoms with Crippen molar-refractivity contribution in [3.05, 3.63) is 35.9 Å². The molecule has 0 aliphatic carbocycles. The van der Waals surface area contributed by atoms with Gasteiger partial charge in [-0.2, -0.15) is 0 Å². The van der Waals surface area contributed by atoms with E-state index in [2.05, 4.69) is 26.1 Å². The molecule has 45 heavy (non-hydrogen) atoms. The molecule has 3 N–H and O–H groups in total. The van der Waals surface area contributed by atoms with Crippen LogP contribution in [0.1, 0.15) is 71.8 Å². The van der Waals surface area contributed by atoms with E-state index in [1.54, 1.807) is 23.8 Å². The molecule has 254 valence electrons. The normalized spacial score (nSPS) is 18.8. The maximum atomic E-state index is 13.9. The predicted octanol–water partition coefficient (Wildman–Crippen LogP) is 2.94. The molecule has 0 radical (unpaired) electrons. The van der Waals surface area contributed by atoms with Crippen LogP contribution < -0.4 is 11.1 Å². The van der Waals surface area contributed by atoms with Crippen molar-refractivity contribution in [2.45, 2.75) is 103 Å². The Balaban J connectivity index is 2.23. The third kappa shape index (κ3) is 10.5. The average Bonchev–Trinajstić information content (AvgIpc) is 3.54. The summed E-state index contributed by atoms with van der Waals surface area (Å²) in [4.78, 5) is 56.6. The summed E-state index contributed by atoms with van der Waals surface area (Å²) in [5.74, 6) is -1.73. The average molecular weight is 633 g/mol. The molecule has 1 aromatic carbocycles. The van der Waals surface area contributed by atoms with Crippen molar-refractivity contribution in [1.82, 2.24) is 15.1 Å². The largest absolute Gasteiger partial charge is 0.467 e. The maximum Gasteiger partial charge on any atom is 0.328 e. The number of unbranched alkanes of at least 4 members (excludes halogenated alkanes) is 1. The minimum absolute atomic E-state index is 0.0820. The number of benzene rings is 1. The van der Waals surface area contributed by atoms with Crippen LogP contribution in [0.25, 0.3) is 0 Å². The van der Waals surface area contributed by atoms with Gasteiger partial charge in [-0.1, -0.05) is 70.9 Å². The van der Waals surface area contributed by atoms with Crippen LogP contribution in [-0.2, 0) is 39.8 Å². The van der Waals surface area contributed by atoms with Crippen LogP contribution in [0.15, 0.2) is 30.3 Å². The molecule has 0 aromatic heterocycles. The van der Waals surface area contributed by atoms with Gasteiger partial charge >= 0.3 is 5.97 Å². The molecule has 1 heterocycles. The molecule has 1 unspecified atom stereocenters. The fourth-order valence-corrected chi connectivity index (χ4v) is 6.41. The topological polar surface area (TPSA) is 140 Å². The number of rotatable bonds is 19. The Hall–Kier alpha value is -3.02. The number of hydrogen-bond donors (Lipinski definition) is 2.